The summed E-state index contributed by atoms with van der Waals surface area (Å²) in [6.45, 7) is 4.84. The summed E-state index contributed by atoms with van der Waals surface area (Å²) in [5, 5.41) is 11.8. The van der Waals surface area contributed by atoms with Crippen LogP contribution in [0.4, 0.5) is 0 Å². The van der Waals surface area contributed by atoms with Crippen molar-refractivity contribution < 1.29 is 9.47 Å². The molecule has 1 heterocycles. The van der Waals surface area contributed by atoms with Gasteiger partial charge in [-0.25, -0.2) is 0 Å². The number of halogens is 1. The second kappa shape index (κ2) is 10.0. The van der Waals surface area contributed by atoms with Crippen LogP contribution in [0.25, 0.3) is 10.8 Å². The lowest BCUT2D eigenvalue weighted by molar-refractivity contribution is 0.292. The Bertz CT molecular complexity index is 1200. The van der Waals surface area contributed by atoms with E-state index in [-0.39, 0.29) is 0 Å². The first-order chi connectivity index (χ1) is 15.2. The van der Waals surface area contributed by atoms with Crippen molar-refractivity contribution in [3.05, 3.63) is 89.2 Å². The van der Waals surface area contributed by atoms with Gasteiger partial charge in [0.15, 0.2) is 11.0 Å². The van der Waals surface area contributed by atoms with Crippen LogP contribution in [0.5, 0.6) is 11.5 Å². The van der Waals surface area contributed by atoms with Crippen LogP contribution < -0.4 is 9.47 Å². The Hall–Kier alpha value is -2.77. The normalized spacial score (nSPS) is 10.9. The molecule has 0 unspecified atom stereocenters. The van der Waals surface area contributed by atoms with Crippen molar-refractivity contribution in [3.63, 3.8) is 0 Å². The van der Waals surface area contributed by atoms with Crippen LogP contribution in [-0.4, -0.2) is 21.9 Å². The molecule has 4 rings (SSSR count). The minimum atomic E-state index is 0.337. The van der Waals surface area contributed by atoms with Crippen molar-refractivity contribution in [2.24, 2.45) is 0 Å². The molecule has 0 aliphatic rings. The fourth-order valence-corrected chi connectivity index (χ4v) is 4.75. The van der Waals surface area contributed by atoms with E-state index in [1.54, 1.807) is 18.9 Å². The first-order valence-corrected chi connectivity index (χ1v) is 11.6. The smallest absolute Gasteiger partial charge is 0.191 e. The molecule has 0 aliphatic carbocycles. The molecule has 7 heteroatoms. The van der Waals surface area contributed by atoms with Crippen molar-refractivity contribution >= 4 is 38.5 Å². The van der Waals surface area contributed by atoms with Gasteiger partial charge in [-0.1, -0.05) is 60.3 Å². The minimum absolute atomic E-state index is 0.337. The number of benzene rings is 3. The molecule has 0 saturated heterocycles. The number of allylic oxidation sites excluding steroid dienone is 1. The predicted molar refractivity (Wildman–Crippen MR) is 129 cm³/mol. The maximum atomic E-state index is 6.12. The largest absolute Gasteiger partial charge is 0.496 e. The molecule has 0 bridgehead atoms. The van der Waals surface area contributed by atoms with E-state index in [4.69, 9.17) is 9.47 Å². The monoisotopic (exact) mass is 495 g/mol. The van der Waals surface area contributed by atoms with Crippen LogP contribution in [-0.2, 0) is 18.9 Å². The minimum Gasteiger partial charge on any atom is -0.496 e. The number of thioether (sulfide) groups is 1. The molecule has 0 amide bonds. The Morgan fingerprint density at radius 3 is 2.71 bits per heavy atom. The van der Waals surface area contributed by atoms with Gasteiger partial charge in [-0.2, -0.15) is 0 Å². The van der Waals surface area contributed by atoms with Gasteiger partial charge in [0.1, 0.15) is 18.1 Å². The summed E-state index contributed by atoms with van der Waals surface area (Å²) in [4.78, 5) is 0. The second-order valence-corrected chi connectivity index (χ2v) is 8.62. The average molecular weight is 496 g/mol. The number of fused-ring (bicyclic) bond motifs is 1. The van der Waals surface area contributed by atoms with Gasteiger partial charge in [-0.15, -0.1) is 16.8 Å². The van der Waals surface area contributed by atoms with E-state index >= 15 is 0 Å². The van der Waals surface area contributed by atoms with Gasteiger partial charge in [-0.05, 0) is 45.1 Å². The highest BCUT2D eigenvalue weighted by atomic mass is 79.9. The summed E-state index contributed by atoms with van der Waals surface area (Å²) in [6, 6.07) is 20.3. The molecule has 0 radical (unpaired) electrons. The molecule has 0 fully saturated rings. The molecule has 0 atom stereocenters. The van der Waals surface area contributed by atoms with Crippen molar-refractivity contribution in [2.75, 3.05) is 7.11 Å². The van der Waals surface area contributed by atoms with E-state index in [2.05, 4.69) is 63.0 Å². The molecule has 5 nitrogen and oxygen atoms in total. The highest BCUT2D eigenvalue weighted by Gasteiger charge is 2.14. The Labute approximate surface area is 194 Å². The first-order valence-electron chi connectivity index (χ1n) is 9.78. The zero-order valence-electron chi connectivity index (χ0n) is 17.1. The van der Waals surface area contributed by atoms with E-state index in [9.17, 15) is 0 Å². The average Bonchev–Trinajstić information content (AvgIpc) is 3.18. The number of ether oxygens (including phenoxy) is 2. The highest BCUT2D eigenvalue weighted by Crippen LogP contribution is 2.30. The molecule has 0 aliphatic heterocycles. The second-order valence-electron chi connectivity index (χ2n) is 6.82. The van der Waals surface area contributed by atoms with Crippen molar-refractivity contribution in [2.45, 2.75) is 24.1 Å². The van der Waals surface area contributed by atoms with Crippen LogP contribution in [0.3, 0.4) is 0 Å². The topological polar surface area (TPSA) is 49.2 Å². The van der Waals surface area contributed by atoms with Crippen LogP contribution in [0.2, 0.25) is 0 Å². The molecular weight excluding hydrogens is 474 g/mol. The van der Waals surface area contributed by atoms with E-state index in [1.807, 2.05) is 41.0 Å². The third-order valence-corrected chi connectivity index (χ3v) is 6.45. The Morgan fingerprint density at radius 1 is 1.06 bits per heavy atom. The zero-order chi connectivity index (χ0) is 21.6. The third-order valence-electron chi connectivity index (χ3n) is 4.80. The van der Waals surface area contributed by atoms with Gasteiger partial charge in [0.2, 0.25) is 0 Å². The fourth-order valence-electron chi connectivity index (χ4n) is 3.26. The molecule has 4 aromatic rings. The van der Waals surface area contributed by atoms with Crippen LogP contribution in [0.1, 0.15) is 11.4 Å². The first kappa shape index (κ1) is 21.5. The Morgan fingerprint density at radius 2 is 1.90 bits per heavy atom. The van der Waals surface area contributed by atoms with Crippen molar-refractivity contribution in [1.82, 2.24) is 14.8 Å². The molecule has 1 aromatic heterocycles. The zero-order valence-corrected chi connectivity index (χ0v) is 19.5. The standard InChI is InChI=1S/C24H22BrN3O2S/c1-3-13-28-23(15-30-21-10-6-8-18-7-4-5-9-19(18)21)26-27-24(28)31-16-17-11-12-22(29-2)20(25)14-17/h3-12,14H,1,13,15-16H2,2H3. The van der Waals surface area contributed by atoms with Gasteiger partial charge < -0.3 is 9.47 Å². The van der Waals surface area contributed by atoms with Gasteiger partial charge >= 0.3 is 0 Å². The Balaban J connectivity index is 1.49. The molecule has 158 valence electrons. The summed E-state index contributed by atoms with van der Waals surface area (Å²) >= 11 is 5.17. The van der Waals surface area contributed by atoms with Crippen LogP contribution in [0.15, 0.2) is 82.9 Å². The van der Waals surface area contributed by atoms with Gasteiger partial charge in [0, 0.05) is 17.7 Å². The number of hydrogen-bond acceptors (Lipinski definition) is 5. The number of hydrogen-bond donors (Lipinski definition) is 0. The van der Waals surface area contributed by atoms with E-state index < -0.39 is 0 Å². The highest BCUT2D eigenvalue weighted by molar-refractivity contribution is 9.10. The van der Waals surface area contributed by atoms with E-state index in [0.717, 1.165) is 43.5 Å². The number of nitrogens with zero attached hydrogens (tertiary/aromatic N) is 3. The molecule has 0 saturated carbocycles. The lowest BCUT2D eigenvalue weighted by Gasteiger charge is -2.11. The lowest BCUT2D eigenvalue weighted by atomic mass is 10.1. The van der Waals surface area contributed by atoms with Crippen molar-refractivity contribution in [3.8, 4) is 11.5 Å². The quantitative estimate of drug-likeness (QED) is 0.202. The molecule has 0 spiro atoms. The molecule has 31 heavy (non-hydrogen) atoms. The maximum Gasteiger partial charge on any atom is 0.191 e. The van der Waals surface area contributed by atoms with Gasteiger partial charge in [0.25, 0.3) is 0 Å². The predicted octanol–water partition coefficient (Wildman–Crippen LogP) is 6.26. The molecular formula is C24H22BrN3O2S. The third kappa shape index (κ3) is 4.94. The fraction of sp³-hybridized carbons (Fsp3) is 0.167. The van der Waals surface area contributed by atoms with Gasteiger partial charge in [-0.3, -0.25) is 4.57 Å². The van der Waals surface area contributed by atoms with E-state index in [1.165, 1.54) is 5.56 Å². The number of rotatable bonds is 9. The van der Waals surface area contributed by atoms with Gasteiger partial charge in [0.05, 0.1) is 11.6 Å². The number of aromatic nitrogens is 3. The van der Waals surface area contributed by atoms with E-state index in [0.29, 0.717) is 13.2 Å². The maximum absolute atomic E-state index is 6.12. The molecule has 3 aromatic carbocycles. The van der Waals surface area contributed by atoms with Crippen LogP contribution in [0, 0.1) is 0 Å². The molecule has 0 N–H and O–H groups in total. The summed E-state index contributed by atoms with van der Waals surface area (Å²) in [5.41, 5.74) is 1.17. The number of methoxy groups -OCH3 is 1. The SMILES string of the molecule is C=CCn1c(COc2cccc3ccccc23)nnc1SCc1ccc(OC)c(Br)c1. The Kier molecular flexibility index (Phi) is 6.94. The van der Waals surface area contributed by atoms with Crippen molar-refractivity contribution in [1.29, 1.82) is 0 Å². The summed E-state index contributed by atoms with van der Waals surface area (Å²) in [7, 11) is 1.66. The van der Waals surface area contributed by atoms with Crippen LogP contribution >= 0.6 is 27.7 Å². The summed E-state index contributed by atoms with van der Waals surface area (Å²) in [6.07, 6.45) is 1.85. The lowest BCUT2D eigenvalue weighted by Crippen LogP contribution is -2.07. The summed E-state index contributed by atoms with van der Waals surface area (Å²) in [5.74, 6) is 3.19. The summed E-state index contributed by atoms with van der Waals surface area (Å²) < 4.78 is 14.4.